The predicted molar refractivity (Wildman–Crippen MR) is 104 cm³/mol. The Kier molecular flexibility index (Phi) is 4.68. The molecule has 0 aliphatic carbocycles. The highest BCUT2D eigenvalue weighted by molar-refractivity contribution is 7.80. The fraction of sp³-hybridized carbons (Fsp3) is 0.222. The summed E-state index contributed by atoms with van der Waals surface area (Å²) in [5.74, 6) is 2.13. The van der Waals surface area contributed by atoms with Gasteiger partial charge in [-0.3, -0.25) is 15.4 Å². The third-order valence-corrected chi connectivity index (χ3v) is 4.67. The van der Waals surface area contributed by atoms with E-state index in [1.807, 2.05) is 42.7 Å². The highest BCUT2D eigenvalue weighted by Crippen LogP contribution is 2.33. The predicted octanol–water partition coefficient (Wildman–Crippen LogP) is 2.83. The minimum atomic E-state index is -0.367. The van der Waals surface area contributed by atoms with E-state index in [-0.39, 0.29) is 5.25 Å². The first-order chi connectivity index (χ1) is 13.2. The van der Waals surface area contributed by atoms with Crippen LogP contribution in [0.3, 0.4) is 0 Å². The summed E-state index contributed by atoms with van der Waals surface area (Å²) in [7, 11) is 0. The summed E-state index contributed by atoms with van der Waals surface area (Å²) in [4.78, 5) is 14.2. The number of nitrogens with one attached hydrogen (secondary N) is 1. The van der Waals surface area contributed by atoms with E-state index in [0.717, 1.165) is 22.8 Å². The number of pyridine rings is 2. The largest absolute Gasteiger partial charge is 0.361 e. The zero-order valence-corrected chi connectivity index (χ0v) is 15.8. The maximum Gasteiger partial charge on any atom is 0.172 e. The number of thiol groups is 1. The van der Waals surface area contributed by atoms with Gasteiger partial charge in [-0.25, -0.2) is 0 Å². The van der Waals surface area contributed by atoms with Gasteiger partial charge in [-0.15, -0.1) is 15.4 Å². The van der Waals surface area contributed by atoms with E-state index < -0.39 is 0 Å². The van der Waals surface area contributed by atoms with Gasteiger partial charge in [0, 0.05) is 36.4 Å². The van der Waals surface area contributed by atoms with E-state index in [4.69, 9.17) is 17.5 Å². The molecule has 1 aliphatic heterocycles. The van der Waals surface area contributed by atoms with Crippen molar-refractivity contribution in [3.8, 4) is 11.4 Å². The fourth-order valence-electron chi connectivity index (χ4n) is 2.86. The van der Waals surface area contributed by atoms with Crippen molar-refractivity contribution < 1.29 is 4.84 Å². The van der Waals surface area contributed by atoms with Gasteiger partial charge in [-0.05, 0) is 38.1 Å². The Labute approximate surface area is 162 Å². The molecule has 0 fully saturated rings. The van der Waals surface area contributed by atoms with Crippen molar-refractivity contribution in [1.82, 2.24) is 30.2 Å². The average molecular weight is 381 g/mol. The SMILES string of the molecule is CCn1c(-c2ccncc2)nnc1C(S)C1=CNN(c2ccnc(C)c2)O1. The zero-order valence-electron chi connectivity index (χ0n) is 14.9. The van der Waals surface area contributed by atoms with Crippen molar-refractivity contribution >= 4 is 18.3 Å². The summed E-state index contributed by atoms with van der Waals surface area (Å²) >= 11 is 4.73. The Morgan fingerprint density at radius 2 is 2.00 bits per heavy atom. The summed E-state index contributed by atoms with van der Waals surface area (Å²) in [6, 6.07) is 7.61. The highest BCUT2D eigenvalue weighted by Gasteiger charge is 2.28. The van der Waals surface area contributed by atoms with Gasteiger partial charge in [0.05, 0.1) is 6.20 Å². The monoisotopic (exact) mass is 381 g/mol. The molecule has 9 heteroatoms. The van der Waals surface area contributed by atoms with Gasteiger partial charge in [0.15, 0.2) is 17.4 Å². The minimum Gasteiger partial charge on any atom is -0.361 e. The number of nitrogens with zero attached hydrogens (tertiary/aromatic N) is 6. The molecule has 0 aromatic carbocycles. The lowest BCUT2D eigenvalue weighted by Gasteiger charge is -2.19. The molecular formula is C18H19N7OS. The first kappa shape index (κ1) is 17.3. The van der Waals surface area contributed by atoms with Crippen LogP contribution in [-0.4, -0.2) is 24.7 Å². The van der Waals surface area contributed by atoms with E-state index in [1.54, 1.807) is 30.0 Å². The van der Waals surface area contributed by atoms with Crippen LogP contribution in [0.5, 0.6) is 0 Å². The number of aromatic nitrogens is 5. The quantitative estimate of drug-likeness (QED) is 0.658. The van der Waals surface area contributed by atoms with Gasteiger partial charge in [-0.2, -0.15) is 12.6 Å². The van der Waals surface area contributed by atoms with Crippen LogP contribution in [0.2, 0.25) is 0 Å². The molecule has 0 saturated heterocycles. The van der Waals surface area contributed by atoms with Crippen LogP contribution in [0.1, 0.15) is 23.7 Å². The highest BCUT2D eigenvalue weighted by atomic mass is 32.1. The second kappa shape index (κ2) is 7.28. The Bertz CT molecular complexity index is 973. The molecule has 8 nitrogen and oxygen atoms in total. The zero-order chi connectivity index (χ0) is 18.8. The molecule has 0 radical (unpaired) electrons. The van der Waals surface area contributed by atoms with Crippen LogP contribution < -0.4 is 10.6 Å². The molecule has 1 N–H and O–H groups in total. The number of hydrazine groups is 1. The molecule has 3 aromatic heterocycles. The van der Waals surface area contributed by atoms with Crippen LogP contribution in [0.25, 0.3) is 11.4 Å². The topological polar surface area (TPSA) is 81.0 Å². The van der Waals surface area contributed by atoms with Crippen LogP contribution in [-0.2, 0) is 11.4 Å². The maximum atomic E-state index is 5.92. The Morgan fingerprint density at radius 3 is 2.74 bits per heavy atom. The molecule has 0 bridgehead atoms. The molecule has 4 rings (SSSR count). The molecule has 0 saturated carbocycles. The standard InChI is InChI=1S/C18H19N7OS/c1-3-24-17(13-4-7-19-8-5-13)22-23-18(24)16(27)15-11-21-25(26-15)14-6-9-20-12(2)10-14/h4-11,16,21,27H,3H2,1-2H3. The second-order valence-corrected chi connectivity index (χ2v) is 6.50. The van der Waals surface area contributed by atoms with Gasteiger partial charge >= 0.3 is 0 Å². The summed E-state index contributed by atoms with van der Waals surface area (Å²) in [6.07, 6.45) is 6.99. The smallest absolute Gasteiger partial charge is 0.172 e. The molecule has 3 aromatic rings. The number of aryl methyl sites for hydroxylation is 1. The lowest BCUT2D eigenvalue weighted by Crippen LogP contribution is -2.28. The van der Waals surface area contributed by atoms with Crippen molar-refractivity contribution in [3.05, 3.63) is 66.3 Å². The van der Waals surface area contributed by atoms with Crippen molar-refractivity contribution in [2.24, 2.45) is 0 Å². The van der Waals surface area contributed by atoms with E-state index in [9.17, 15) is 0 Å². The van der Waals surface area contributed by atoms with Gasteiger partial charge in [0.2, 0.25) is 0 Å². The fourth-order valence-corrected chi connectivity index (χ4v) is 3.18. The van der Waals surface area contributed by atoms with Crippen molar-refractivity contribution in [2.75, 3.05) is 5.17 Å². The van der Waals surface area contributed by atoms with E-state index in [0.29, 0.717) is 18.1 Å². The Balaban J connectivity index is 1.57. The van der Waals surface area contributed by atoms with Gasteiger partial charge < -0.3 is 9.40 Å². The summed E-state index contributed by atoms with van der Waals surface area (Å²) in [5.41, 5.74) is 5.80. The lowest BCUT2D eigenvalue weighted by molar-refractivity contribution is 0.184. The molecule has 27 heavy (non-hydrogen) atoms. The number of hydrogen-bond donors (Lipinski definition) is 2. The van der Waals surface area contributed by atoms with Gasteiger partial charge in [0.1, 0.15) is 10.9 Å². The molecule has 1 atom stereocenters. The van der Waals surface area contributed by atoms with Crippen LogP contribution in [0.15, 0.2) is 54.8 Å². The molecular weight excluding hydrogens is 362 g/mol. The molecule has 4 heterocycles. The minimum absolute atomic E-state index is 0.367. The summed E-state index contributed by atoms with van der Waals surface area (Å²) in [6.45, 7) is 4.69. The first-order valence-corrected chi connectivity index (χ1v) is 9.07. The number of hydrogen-bond acceptors (Lipinski definition) is 8. The van der Waals surface area contributed by atoms with E-state index >= 15 is 0 Å². The maximum absolute atomic E-state index is 5.92. The van der Waals surface area contributed by atoms with Crippen molar-refractivity contribution in [1.29, 1.82) is 0 Å². The number of rotatable bonds is 5. The number of anilines is 1. The molecule has 1 unspecified atom stereocenters. The van der Waals surface area contributed by atoms with Gasteiger partial charge in [-0.1, -0.05) is 0 Å². The second-order valence-electron chi connectivity index (χ2n) is 5.98. The average Bonchev–Trinajstić information content (AvgIpc) is 3.35. The van der Waals surface area contributed by atoms with Crippen molar-refractivity contribution in [3.63, 3.8) is 0 Å². The summed E-state index contributed by atoms with van der Waals surface area (Å²) < 4.78 is 2.02. The Morgan fingerprint density at radius 1 is 1.19 bits per heavy atom. The Hall–Kier alpha value is -3.07. The van der Waals surface area contributed by atoms with Crippen LogP contribution >= 0.6 is 12.6 Å². The molecule has 0 spiro atoms. The first-order valence-electron chi connectivity index (χ1n) is 8.56. The third-order valence-electron chi connectivity index (χ3n) is 4.18. The lowest BCUT2D eigenvalue weighted by atomic mass is 10.2. The van der Waals surface area contributed by atoms with E-state index in [2.05, 4.69) is 25.6 Å². The van der Waals surface area contributed by atoms with Crippen LogP contribution in [0, 0.1) is 6.92 Å². The molecule has 1 aliphatic rings. The van der Waals surface area contributed by atoms with Crippen LogP contribution in [0.4, 0.5) is 5.69 Å². The van der Waals surface area contributed by atoms with Crippen molar-refractivity contribution in [2.45, 2.75) is 25.6 Å². The normalized spacial score (nSPS) is 14.5. The third kappa shape index (κ3) is 3.33. The molecule has 138 valence electrons. The van der Waals surface area contributed by atoms with E-state index in [1.165, 1.54) is 0 Å². The van der Waals surface area contributed by atoms with Gasteiger partial charge in [0.25, 0.3) is 0 Å². The molecule has 0 amide bonds. The summed E-state index contributed by atoms with van der Waals surface area (Å²) in [5, 5.41) is 9.91.